The van der Waals surface area contributed by atoms with Crippen LogP contribution < -0.4 is 0 Å². The van der Waals surface area contributed by atoms with Crippen molar-refractivity contribution in [1.29, 1.82) is 0 Å². The Bertz CT molecular complexity index is 369. The molecule has 0 fully saturated rings. The van der Waals surface area contributed by atoms with Crippen LogP contribution in [0.5, 0.6) is 0 Å². The van der Waals surface area contributed by atoms with Crippen molar-refractivity contribution in [3.63, 3.8) is 0 Å². The molecule has 0 aromatic carbocycles. The summed E-state index contributed by atoms with van der Waals surface area (Å²) < 4.78 is 0. The van der Waals surface area contributed by atoms with E-state index in [0.717, 1.165) is 5.71 Å². The average molecular weight is 224 g/mol. The summed E-state index contributed by atoms with van der Waals surface area (Å²) in [6.07, 6.45) is 1.60. The van der Waals surface area contributed by atoms with Crippen LogP contribution in [0.15, 0.2) is 9.98 Å². The fraction of sp³-hybridized carbons (Fsp3) is 0.750. The molecule has 4 nitrogen and oxygen atoms in total. The Morgan fingerprint density at radius 3 is 1.94 bits per heavy atom. The maximum Gasteiger partial charge on any atom is 0.354 e. The molecule has 0 bridgehead atoms. The Hall–Kier alpha value is -1.19. The molecule has 0 radical (unpaired) electrons. The van der Waals surface area contributed by atoms with Crippen LogP contribution in [0.25, 0.3) is 0 Å². The highest BCUT2D eigenvalue weighted by atomic mass is 16.4. The topological polar surface area (TPSA) is 62.0 Å². The van der Waals surface area contributed by atoms with Gasteiger partial charge >= 0.3 is 5.97 Å². The number of hydrogen-bond acceptors (Lipinski definition) is 3. The minimum absolute atomic E-state index is 0.175. The molecule has 0 aromatic heterocycles. The number of rotatable bonds is 1. The normalized spacial score (nSPS) is 25.8. The van der Waals surface area contributed by atoms with E-state index in [4.69, 9.17) is 0 Å². The van der Waals surface area contributed by atoms with E-state index in [1.54, 1.807) is 6.21 Å². The van der Waals surface area contributed by atoms with Crippen molar-refractivity contribution < 1.29 is 9.90 Å². The smallest absolute Gasteiger partial charge is 0.354 e. The summed E-state index contributed by atoms with van der Waals surface area (Å²) >= 11 is 0. The zero-order chi connectivity index (χ0) is 12.8. The first-order valence-corrected chi connectivity index (χ1v) is 5.40. The monoisotopic (exact) mass is 224 g/mol. The van der Waals surface area contributed by atoms with Gasteiger partial charge in [0, 0.05) is 17.0 Å². The third-order valence-corrected chi connectivity index (χ3v) is 2.77. The quantitative estimate of drug-likeness (QED) is 0.743. The number of carbonyl (C=O) groups is 1. The zero-order valence-electron chi connectivity index (χ0n) is 10.8. The number of nitrogens with zero attached hydrogens (tertiary/aromatic N) is 2. The Morgan fingerprint density at radius 1 is 1.25 bits per heavy atom. The second kappa shape index (κ2) is 3.40. The van der Waals surface area contributed by atoms with E-state index in [1.807, 2.05) is 41.5 Å². The van der Waals surface area contributed by atoms with E-state index < -0.39 is 17.0 Å². The average Bonchev–Trinajstić information content (AvgIpc) is 2.45. The Labute approximate surface area is 96.5 Å². The number of carboxylic acid groups (broad SMARTS) is 1. The van der Waals surface area contributed by atoms with Gasteiger partial charge in [-0.2, -0.15) is 0 Å². The molecule has 0 saturated heterocycles. The number of aliphatic carboxylic acids is 1. The van der Waals surface area contributed by atoms with Gasteiger partial charge in [0.25, 0.3) is 5.66 Å². The molecule has 1 aliphatic heterocycles. The molecular weight excluding hydrogens is 204 g/mol. The highest BCUT2D eigenvalue weighted by Crippen LogP contribution is 2.39. The van der Waals surface area contributed by atoms with Crippen molar-refractivity contribution in [1.82, 2.24) is 0 Å². The summed E-state index contributed by atoms with van der Waals surface area (Å²) in [5, 5.41) is 9.36. The lowest BCUT2D eigenvalue weighted by Crippen LogP contribution is -2.46. The molecule has 0 amide bonds. The minimum Gasteiger partial charge on any atom is -0.478 e. The van der Waals surface area contributed by atoms with Crippen molar-refractivity contribution in [2.24, 2.45) is 20.8 Å². The first-order chi connectivity index (χ1) is 7.01. The molecular formula is C12H20N2O2. The van der Waals surface area contributed by atoms with Crippen LogP contribution in [0.2, 0.25) is 0 Å². The van der Waals surface area contributed by atoms with Crippen molar-refractivity contribution in [3.8, 4) is 0 Å². The zero-order valence-corrected chi connectivity index (χ0v) is 10.8. The summed E-state index contributed by atoms with van der Waals surface area (Å²) in [7, 11) is 0. The molecule has 4 heteroatoms. The Kier molecular flexibility index (Phi) is 2.74. The Morgan fingerprint density at radius 2 is 1.75 bits per heavy atom. The van der Waals surface area contributed by atoms with Crippen LogP contribution in [0.4, 0.5) is 0 Å². The van der Waals surface area contributed by atoms with Crippen LogP contribution in [0.3, 0.4) is 0 Å². The highest BCUT2D eigenvalue weighted by Gasteiger charge is 2.51. The number of carboxylic acids is 1. The van der Waals surface area contributed by atoms with Gasteiger partial charge in [-0.1, -0.05) is 41.5 Å². The van der Waals surface area contributed by atoms with Gasteiger partial charge < -0.3 is 5.11 Å². The number of hydrogen-bond donors (Lipinski definition) is 1. The number of aliphatic imine (C=N–C) groups is 2. The summed E-state index contributed by atoms with van der Waals surface area (Å²) in [6.45, 7) is 11.5. The van der Waals surface area contributed by atoms with E-state index in [-0.39, 0.29) is 5.41 Å². The van der Waals surface area contributed by atoms with Crippen LogP contribution in [-0.4, -0.2) is 28.7 Å². The minimum atomic E-state index is -1.37. The molecule has 1 N–H and O–H groups in total. The third kappa shape index (κ3) is 1.88. The predicted octanol–water partition coefficient (Wildman–Crippen LogP) is 2.38. The SMILES string of the molecule is CC(C)(C)C1=NC(C(=O)O)(C(C)(C)C)N=C1. The predicted molar refractivity (Wildman–Crippen MR) is 65.2 cm³/mol. The van der Waals surface area contributed by atoms with Gasteiger partial charge in [0.2, 0.25) is 0 Å². The highest BCUT2D eigenvalue weighted by molar-refractivity contribution is 6.35. The van der Waals surface area contributed by atoms with Gasteiger partial charge in [-0.15, -0.1) is 0 Å². The molecule has 0 saturated carbocycles. The third-order valence-electron chi connectivity index (χ3n) is 2.77. The van der Waals surface area contributed by atoms with Crippen molar-refractivity contribution in [2.45, 2.75) is 47.2 Å². The van der Waals surface area contributed by atoms with Crippen molar-refractivity contribution in [2.75, 3.05) is 0 Å². The van der Waals surface area contributed by atoms with Gasteiger partial charge in [-0.25, -0.2) is 14.8 Å². The molecule has 16 heavy (non-hydrogen) atoms. The lowest BCUT2D eigenvalue weighted by molar-refractivity contribution is -0.146. The van der Waals surface area contributed by atoms with Crippen LogP contribution in [0.1, 0.15) is 41.5 Å². The fourth-order valence-corrected chi connectivity index (χ4v) is 1.53. The molecule has 1 unspecified atom stereocenters. The second-order valence-corrected chi connectivity index (χ2v) is 6.23. The molecule has 1 heterocycles. The Balaban J connectivity index is 3.28. The largest absolute Gasteiger partial charge is 0.478 e. The molecule has 1 atom stereocenters. The molecule has 0 spiro atoms. The summed E-state index contributed by atoms with van der Waals surface area (Å²) in [4.78, 5) is 19.9. The molecule has 0 aromatic rings. The standard InChI is InChI=1S/C12H20N2O2/c1-10(2,3)8-7-13-12(14-8,9(15)16)11(4,5)6/h7H,1-6H3,(H,15,16). The molecule has 0 aliphatic carbocycles. The summed E-state index contributed by atoms with van der Waals surface area (Å²) in [6, 6.07) is 0. The molecule has 90 valence electrons. The van der Waals surface area contributed by atoms with E-state index in [9.17, 15) is 9.90 Å². The van der Waals surface area contributed by atoms with Gasteiger partial charge in [0.05, 0.1) is 5.71 Å². The van der Waals surface area contributed by atoms with Crippen LogP contribution >= 0.6 is 0 Å². The fourth-order valence-electron chi connectivity index (χ4n) is 1.53. The first kappa shape index (κ1) is 12.9. The second-order valence-electron chi connectivity index (χ2n) is 6.23. The van der Waals surface area contributed by atoms with E-state index in [1.165, 1.54) is 0 Å². The van der Waals surface area contributed by atoms with Gasteiger partial charge in [0.15, 0.2) is 0 Å². The van der Waals surface area contributed by atoms with Crippen molar-refractivity contribution >= 4 is 17.9 Å². The van der Waals surface area contributed by atoms with Gasteiger partial charge in [-0.05, 0) is 0 Å². The van der Waals surface area contributed by atoms with E-state index >= 15 is 0 Å². The molecule has 1 aliphatic rings. The molecule has 1 rings (SSSR count). The van der Waals surface area contributed by atoms with Crippen LogP contribution in [-0.2, 0) is 4.79 Å². The first-order valence-electron chi connectivity index (χ1n) is 5.40. The van der Waals surface area contributed by atoms with Crippen LogP contribution in [0, 0.1) is 10.8 Å². The maximum atomic E-state index is 11.4. The lowest BCUT2D eigenvalue weighted by atomic mass is 9.81. The lowest BCUT2D eigenvalue weighted by Gasteiger charge is -2.32. The summed E-state index contributed by atoms with van der Waals surface area (Å²) in [5.74, 6) is -0.990. The summed E-state index contributed by atoms with van der Waals surface area (Å²) in [5.41, 5.74) is -1.34. The maximum absolute atomic E-state index is 11.4. The van der Waals surface area contributed by atoms with E-state index in [0.29, 0.717) is 0 Å². The van der Waals surface area contributed by atoms with Gasteiger partial charge in [0.1, 0.15) is 0 Å². The van der Waals surface area contributed by atoms with Gasteiger partial charge in [-0.3, -0.25) is 0 Å². The van der Waals surface area contributed by atoms with E-state index in [2.05, 4.69) is 9.98 Å². The van der Waals surface area contributed by atoms with Crippen molar-refractivity contribution in [3.05, 3.63) is 0 Å².